The zero-order valence-corrected chi connectivity index (χ0v) is 11.0. The first-order valence-electron chi connectivity index (χ1n) is 5.62. The van der Waals surface area contributed by atoms with E-state index in [1.165, 1.54) is 12.1 Å². The average Bonchev–Trinajstić information content (AvgIpc) is 2.42. The minimum atomic E-state index is -2.98. The van der Waals surface area contributed by atoms with Gasteiger partial charge in [0, 0.05) is 11.1 Å². The summed E-state index contributed by atoms with van der Waals surface area (Å²) in [5.41, 5.74) is -0.150. The van der Waals surface area contributed by atoms with Crippen LogP contribution in [0.4, 0.5) is 17.6 Å². The predicted molar refractivity (Wildman–Crippen MR) is 67.9 cm³/mol. The van der Waals surface area contributed by atoms with Gasteiger partial charge in [-0.25, -0.2) is 8.78 Å². The molecule has 0 saturated carbocycles. The third kappa shape index (κ3) is 3.52. The highest BCUT2D eigenvalue weighted by Crippen LogP contribution is 2.24. The van der Waals surface area contributed by atoms with Crippen molar-refractivity contribution < 1.29 is 27.1 Å². The molecule has 0 spiro atoms. The highest BCUT2D eigenvalue weighted by atomic mass is 35.5. The normalized spacial score (nSPS) is 10.8. The maximum atomic E-state index is 13.2. The minimum Gasteiger partial charge on any atom is -0.435 e. The van der Waals surface area contributed by atoms with Crippen molar-refractivity contribution in [2.24, 2.45) is 0 Å². The van der Waals surface area contributed by atoms with Crippen LogP contribution in [0.15, 0.2) is 36.4 Å². The number of carbonyl (C=O) groups excluding carboxylic acids is 1. The van der Waals surface area contributed by atoms with Crippen LogP contribution >= 0.6 is 11.6 Å². The van der Waals surface area contributed by atoms with E-state index in [1.54, 1.807) is 0 Å². The molecular formula is C14H7ClF4O2. The maximum Gasteiger partial charge on any atom is 0.387 e. The molecule has 0 radical (unpaired) electrons. The Bertz CT molecular complexity index is 671. The Balaban J connectivity index is 2.30. The fourth-order valence-corrected chi connectivity index (χ4v) is 1.88. The molecule has 0 heterocycles. The van der Waals surface area contributed by atoms with Crippen molar-refractivity contribution in [3.05, 3.63) is 64.2 Å². The summed E-state index contributed by atoms with van der Waals surface area (Å²) in [6.07, 6.45) is 0. The third-order valence-electron chi connectivity index (χ3n) is 2.60. The van der Waals surface area contributed by atoms with Gasteiger partial charge in [-0.3, -0.25) is 4.79 Å². The Morgan fingerprint density at radius 2 is 1.62 bits per heavy atom. The minimum absolute atomic E-state index is 0.0736. The number of hydrogen-bond donors (Lipinski definition) is 0. The summed E-state index contributed by atoms with van der Waals surface area (Å²) in [5.74, 6) is -3.17. The van der Waals surface area contributed by atoms with Gasteiger partial charge in [0.15, 0.2) is 17.4 Å². The fourth-order valence-electron chi connectivity index (χ4n) is 1.64. The van der Waals surface area contributed by atoms with Crippen LogP contribution in [0.3, 0.4) is 0 Å². The van der Waals surface area contributed by atoms with Gasteiger partial charge >= 0.3 is 6.61 Å². The highest BCUT2D eigenvalue weighted by molar-refractivity contribution is 6.35. The van der Waals surface area contributed by atoms with Gasteiger partial charge in [-0.2, -0.15) is 8.78 Å². The monoisotopic (exact) mass is 318 g/mol. The lowest BCUT2D eigenvalue weighted by Gasteiger charge is -2.07. The van der Waals surface area contributed by atoms with Crippen molar-refractivity contribution >= 4 is 17.4 Å². The molecule has 2 nitrogen and oxygen atoms in total. The van der Waals surface area contributed by atoms with Crippen LogP contribution in [0.25, 0.3) is 0 Å². The third-order valence-corrected chi connectivity index (χ3v) is 2.91. The molecule has 0 amide bonds. The molecule has 110 valence electrons. The summed E-state index contributed by atoms with van der Waals surface area (Å²) in [7, 11) is 0. The van der Waals surface area contributed by atoms with E-state index >= 15 is 0 Å². The Morgan fingerprint density at radius 1 is 1.05 bits per heavy atom. The van der Waals surface area contributed by atoms with Crippen LogP contribution in [-0.2, 0) is 0 Å². The second-order valence-electron chi connectivity index (χ2n) is 3.98. The van der Waals surface area contributed by atoms with Crippen molar-refractivity contribution in [2.75, 3.05) is 0 Å². The summed E-state index contributed by atoms with van der Waals surface area (Å²) < 4.78 is 54.2. The predicted octanol–water partition coefficient (Wildman–Crippen LogP) is 4.45. The molecule has 0 unspecified atom stereocenters. The van der Waals surface area contributed by atoms with Crippen molar-refractivity contribution in [1.82, 2.24) is 0 Å². The van der Waals surface area contributed by atoms with E-state index in [-0.39, 0.29) is 21.9 Å². The fraction of sp³-hybridized carbons (Fsp3) is 0.0714. The van der Waals surface area contributed by atoms with Gasteiger partial charge < -0.3 is 4.74 Å². The summed E-state index contributed by atoms with van der Waals surface area (Å²) in [4.78, 5) is 12.1. The van der Waals surface area contributed by atoms with Gasteiger partial charge in [-0.15, -0.1) is 0 Å². The molecule has 2 aromatic carbocycles. The summed E-state index contributed by atoms with van der Waals surface area (Å²) >= 11 is 5.70. The molecule has 0 N–H and O–H groups in total. The number of alkyl halides is 2. The molecule has 0 saturated heterocycles. The molecule has 0 aliphatic carbocycles. The first-order chi connectivity index (χ1) is 9.88. The molecule has 2 aromatic rings. The lowest BCUT2D eigenvalue weighted by atomic mass is 10.0. The Hall–Kier alpha value is -2.08. The molecule has 21 heavy (non-hydrogen) atoms. The first-order valence-corrected chi connectivity index (χ1v) is 6.00. The molecule has 2 rings (SSSR count). The maximum absolute atomic E-state index is 13.2. The summed E-state index contributed by atoms with van der Waals surface area (Å²) in [6.45, 7) is -2.98. The van der Waals surface area contributed by atoms with E-state index in [0.717, 1.165) is 12.1 Å². The van der Waals surface area contributed by atoms with Crippen molar-refractivity contribution in [3.63, 3.8) is 0 Å². The van der Waals surface area contributed by atoms with Crippen LogP contribution in [0.2, 0.25) is 5.02 Å². The van der Waals surface area contributed by atoms with Gasteiger partial charge in [0.25, 0.3) is 0 Å². The topological polar surface area (TPSA) is 26.3 Å². The van der Waals surface area contributed by atoms with E-state index in [2.05, 4.69) is 4.74 Å². The zero-order valence-electron chi connectivity index (χ0n) is 10.2. The molecule has 7 heteroatoms. The standard InChI is InChI=1S/C14H7ClF4O2/c15-10-6-12(17)11(16)5-9(10)13(20)7-1-3-8(4-2-7)21-14(18)19/h1-6,14H. The number of halogens is 5. The number of carbonyl (C=O) groups is 1. The van der Waals surface area contributed by atoms with Gasteiger partial charge in [0.05, 0.1) is 5.02 Å². The van der Waals surface area contributed by atoms with Crippen LogP contribution in [0, 0.1) is 11.6 Å². The first kappa shape index (κ1) is 15.3. The van der Waals surface area contributed by atoms with Gasteiger partial charge in [-0.05, 0) is 36.4 Å². The molecule has 0 aliphatic heterocycles. The second-order valence-corrected chi connectivity index (χ2v) is 4.39. The molecule has 0 aromatic heterocycles. The smallest absolute Gasteiger partial charge is 0.387 e. The number of hydrogen-bond acceptors (Lipinski definition) is 2. The van der Waals surface area contributed by atoms with Crippen molar-refractivity contribution in [3.8, 4) is 5.75 Å². The number of rotatable bonds is 4. The number of ether oxygens (including phenoxy) is 1. The van der Waals surface area contributed by atoms with E-state index in [4.69, 9.17) is 11.6 Å². The van der Waals surface area contributed by atoms with Gasteiger partial charge in [-0.1, -0.05) is 11.6 Å². The summed E-state index contributed by atoms with van der Waals surface area (Å²) in [6, 6.07) is 6.14. The van der Waals surface area contributed by atoms with Crippen LogP contribution < -0.4 is 4.74 Å². The van der Waals surface area contributed by atoms with E-state index in [0.29, 0.717) is 12.1 Å². The number of ketones is 1. The van der Waals surface area contributed by atoms with E-state index < -0.39 is 24.0 Å². The van der Waals surface area contributed by atoms with Gasteiger partial charge in [0.2, 0.25) is 0 Å². The van der Waals surface area contributed by atoms with E-state index in [9.17, 15) is 22.4 Å². The Morgan fingerprint density at radius 3 is 2.19 bits per heavy atom. The molecule has 0 atom stereocenters. The van der Waals surface area contributed by atoms with Crippen LogP contribution in [0.1, 0.15) is 15.9 Å². The number of benzene rings is 2. The SMILES string of the molecule is O=C(c1ccc(OC(F)F)cc1)c1cc(F)c(F)cc1Cl. The molecular weight excluding hydrogens is 312 g/mol. The summed E-state index contributed by atoms with van der Waals surface area (Å²) in [5, 5.41) is -0.244. The largest absolute Gasteiger partial charge is 0.435 e. The lowest BCUT2D eigenvalue weighted by molar-refractivity contribution is -0.0498. The zero-order chi connectivity index (χ0) is 15.6. The average molecular weight is 319 g/mol. The molecule has 0 aliphatic rings. The van der Waals surface area contributed by atoms with Gasteiger partial charge in [0.1, 0.15) is 5.75 Å². The van der Waals surface area contributed by atoms with Crippen molar-refractivity contribution in [2.45, 2.75) is 6.61 Å². The van der Waals surface area contributed by atoms with Crippen molar-refractivity contribution in [1.29, 1.82) is 0 Å². The van der Waals surface area contributed by atoms with E-state index in [1.807, 2.05) is 0 Å². The quantitative estimate of drug-likeness (QED) is 0.473. The van der Waals surface area contributed by atoms with Crippen LogP contribution in [-0.4, -0.2) is 12.4 Å². The molecule has 0 fully saturated rings. The van der Waals surface area contributed by atoms with Crippen LogP contribution in [0.5, 0.6) is 5.75 Å². The highest BCUT2D eigenvalue weighted by Gasteiger charge is 2.17. The second kappa shape index (κ2) is 6.13. The Kier molecular flexibility index (Phi) is 4.47. The molecule has 0 bridgehead atoms. The Labute approximate surface area is 121 Å². The lowest BCUT2D eigenvalue weighted by Crippen LogP contribution is -2.05.